The summed E-state index contributed by atoms with van der Waals surface area (Å²) in [7, 11) is 1.55. The molecular weight excluding hydrogens is 356 g/mol. The average molecular weight is 376 g/mol. The second-order valence-corrected chi connectivity index (χ2v) is 6.58. The average Bonchev–Trinajstić information content (AvgIpc) is 3.23. The summed E-state index contributed by atoms with van der Waals surface area (Å²) in [6.45, 7) is 3.94. The van der Waals surface area contributed by atoms with E-state index in [2.05, 4.69) is 15.6 Å². The highest BCUT2D eigenvalue weighted by Crippen LogP contribution is 2.40. The van der Waals surface area contributed by atoms with Crippen molar-refractivity contribution in [1.29, 1.82) is 0 Å². The van der Waals surface area contributed by atoms with Gasteiger partial charge >= 0.3 is 6.03 Å². The van der Waals surface area contributed by atoms with Crippen molar-refractivity contribution in [3.8, 4) is 11.3 Å². The van der Waals surface area contributed by atoms with Gasteiger partial charge in [-0.25, -0.2) is 4.79 Å². The summed E-state index contributed by atoms with van der Waals surface area (Å²) in [6, 6.07) is 6.80. The minimum atomic E-state index is -0.418. The van der Waals surface area contributed by atoms with Crippen LogP contribution < -0.4 is 9.91 Å². The lowest BCUT2D eigenvalue weighted by Crippen LogP contribution is -2.52. The number of amides is 2. The van der Waals surface area contributed by atoms with Gasteiger partial charge < -0.3 is 14.6 Å². The summed E-state index contributed by atoms with van der Waals surface area (Å²) in [5.41, 5.74) is 1.79. The number of hydrogen-bond donors (Lipinski definition) is 1. The monoisotopic (exact) mass is 375 g/mol. The van der Waals surface area contributed by atoms with Gasteiger partial charge in [-0.1, -0.05) is 38.6 Å². The number of ether oxygens (including phenoxy) is 1. The van der Waals surface area contributed by atoms with Gasteiger partial charge in [0.25, 0.3) is 0 Å². The number of carbonyl (C=O) groups excluding carboxylic acids is 1. The lowest BCUT2D eigenvalue weighted by Gasteiger charge is -2.23. The number of nitrogens with zero attached hydrogens (tertiary/aromatic N) is 3. The van der Waals surface area contributed by atoms with Gasteiger partial charge in [0, 0.05) is 29.8 Å². The van der Waals surface area contributed by atoms with Gasteiger partial charge in [-0.15, -0.1) is 0 Å². The van der Waals surface area contributed by atoms with Gasteiger partial charge in [0.2, 0.25) is 11.4 Å². The summed E-state index contributed by atoms with van der Waals surface area (Å²) in [5, 5.41) is 12.1. The maximum absolute atomic E-state index is 13.0. The predicted molar refractivity (Wildman–Crippen MR) is 101 cm³/mol. The van der Waals surface area contributed by atoms with Crippen LogP contribution in [0.4, 0.5) is 10.5 Å². The highest BCUT2D eigenvalue weighted by molar-refractivity contribution is 6.30. The minimum Gasteiger partial charge on any atom is -0.376 e. The van der Waals surface area contributed by atoms with E-state index in [4.69, 9.17) is 20.9 Å². The zero-order valence-electron chi connectivity index (χ0n) is 14.8. The Morgan fingerprint density at radius 1 is 1.35 bits per heavy atom. The van der Waals surface area contributed by atoms with Crippen LogP contribution in [0.15, 0.2) is 46.2 Å². The molecule has 1 N–H and O–H groups in total. The van der Waals surface area contributed by atoms with Crippen molar-refractivity contribution in [3.63, 3.8) is 0 Å². The maximum Gasteiger partial charge on any atom is 0.453 e. The SMILES string of the molecule is COCc1onc(-c2ccc(Cl)cc2)c1[N+]1(C(=O)NC(C)C)C=CC=N1. The summed E-state index contributed by atoms with van der Waals surface area (Å²) in [6.07, 6.45) is 4.98. The Labute approximate surface area is 156 Å². The Morgan fingerprint density at radius 3 is 2.65 bits per heavy atom. The molecule has 2 heterocycles. The Balaban J connectivity index is 2.18. The first kappa shape index (κ1) is 18.3. The molecule has 8 heteroatoms. The molecule has 0 saturated heterocycles. The second-order valence-electron chi connectivity index (χ2n) is 6.14. The van der Waals surface area contributed by atoms with Crippen LogP contribution in [-0.4, -0.2) is 30.6 Å². The molecule has 136 valence electrons. The predicted octanol–water partition coefficient (Wildman–Crippen LogP) is 4.08. The highest BCUT2D eigenvalue weighted by atomic mass is 35.5. The lowest BCUT2D eigenvalue weighted by atomic mass is 10.1. The molecule has 0 saturated carbocycles. The smallest absolute Gasteiger partial charge is 0.376 e. The Hall–Kier alpha value is -2.48. The Morgan fingerprint density at radius 2 is 2.08 bits per heavy atom. The van der Waals surface area contributed by atoms with E-state index in [1.54, 1.807) is 37.7 Å². The zero-order chi connectivity index (χ0) is 18.7. The first-order valence-corrected chi connectivity index (χ1v) is 8.53. The largest absolute Gasteiger partial charge is 0.453 e. The van der Waals surface area contributed by atoms with Crippen LogP contribution in [-0.2, 0) is 11.3 Å². The number of halogens is 1. The third kappa shape index (κ3) is 3.29. The zero-order valence-corrected chi connectivity index (χ0v) is 15.5. The standard InChI is InChI=1S/C18H19ClN4O3/c1-12(2)21-18(24)23(10-4-9-20-23)17-15(11-25-3)26-22-16(17)13-5-7-14(19)8-6-13/h4-10,12H,11H2,1-3H3/p+1. The molecule has 0 fully saturated rings. The molecule has 3 rings (SSSR count). The molecule has 2 amide bonds. The van der Waals surface area contributed by atoms with E-state index in [0.29, 0.717) is 22.2 Å². The molecule has 7 nitrogen and oxygen atoms in total. The molecule has 1 unspecified atom stereocenters. The lowest BCUT2D eigenvalue weighted by molar-refractivity contribution is 0.154. The van der Waals surface area contributed by atoms with E-state index in [9.17, 15) is 4.79 Å². The highest BCUT2D eigenvalue weighted by Gasteiger charge is 2.47. The summed E-state index contributed by atoms with van der Waals surface area (Å²) < 4.78 is 10.3. The number of urea groups is 1. The molecule has 1 aromatic heterocycles. The molecule has 0 spiro atoms. The van der Waals surface area contributed by atoms with Crippen LogP contribution >= 0.6 is 11.6 Å². The van der Waals surface area contributed by atoms with Gasteiger partial charge in [-0.05, 0) is 26.0 Å². The van der Waals surface area contributed by atoms with Crippen LogP contribution in [0, 0.1) is 0 Å². The molecule has 1 aliphatic heterocycles. The van der Waals surface area contributed by atoms with E-state index in [1.165, 1.54) is 0 Å². The summed E-state index contributed by atoms with van der Waals surface area (Å²) >= 11 is 5.99. The van der Waals surface area contributed by atoms with E-state index < -0.39 is 4.59 Å². The molecule has 26 heavy (non-hydrogen) atoms. The van der Waals surface area contributed by atoms with Gasteiger partial charge in [-0.2, -0.15) is 0 Å². The number of methoxy groups -OCH3 is 1. The minimum absolute atomic E-state index is 0.0496. The molecule has 2 aromatic rings. The molecule has 1 aliphatic rings. The van der Waals surface area contributed by atoms with Crippen LogP contribution in [0.25, 0.3) is 11.3 Å². The van der Waals surface area contributed by atoms with Crippen molar-refractivity contribution in [1.82, 2.24) is 15.1 Å². The van der Waals surface area contributed by atoms with Crippen LogP contribution in [0.1, 0.15) is 19.6 Å². The number of nitrogens with one attached hydrogen (secondary N) is 1. The van der Waals surface area contributed by atoms with E-state index in [1.807, 2.05) is 26.0 Å². The van der Waals surface area contributed by atoms with Crippen LogP contribution in [0.5, 0.6) is 0 Å². The van der Waals surface area contributed by atoms with Crippen LogP contribution in [0.3, 0.4) is 0 Å². The van der Waals surface area contributed by atoms with Crippen molar-refractivity contribution in [2.75, 3.05) is 7.11 Å². The molecule has 1 atom stereocenters. The number of carbonyl (C=O) groups is 1. The third-order valence-corrected chi connectivity index (χ3v) is 4.08. The fraction of sp³-hybridized carbons (Fsp3) is 0.278. The van der Waals surface area contributed by atoms with Crippen molar-refractivity contribution in [2.45, 2.75) is 26.5 Å². The fourth-order valence-corrected chi connectivity index (χ4v) is 2.86. The number of allylic oxidation sites excluding steroid dienone is 1. The summed E-state index contributed by atoms with van der Waals surface area (Å²) in [4.78, 5) is 13.0. The quantitative estimate of drug-likeness (QED) is 0.799. The van der Waals surface area contributed by atoms with Crippen molar-refractivity contribution in [2.24, 2.45) is 5.10 Å². The molecule has 1 aromatic carbocycles. The van der Waals surface area contributed by atoms with Gasteiger partial charge in [0.1, 0.15) is 12.8 Å². The van der Waals surface area contributed by atoms with Crippen molar-refractivity contribution in [3.05, 3.63) is 47.3 Å². The van der Waals surface area contributed by atoms with Crippen LogP contribution in [0.2, 0.25) is 5.02 Å². The third-order valence-electron chi connectivity index (χ3n) is 3.83. The van der Waals surface area contributed by atoms with Crippen molar-refractivity contribution < 1.29 is 14.1 Å². The normalized spacial score (nSPS) is 18.7. The number of hydrogen-bond acceptors (Lipinski definition) is 5. The maximum atomic E-state index is 13.0. The second kappa shape index (κ2) is 7.41. The van der Waals surface area contributed by atoms with Crippen molar-refractivity contribution >= 4 is 29.5 Å². The van der Waals surface area contributed by atoms with E-state index in [0.717, 1.165) is 5.56 Å². The fourth-order valence-electron chi connectivity index (χ4n) is 2.74. The Kier molecular flexibility index (Phi) is 5.22. The molecule has 0 bridgehead atoms. The number of aromatic nitrogens is 1. The molecular formula is C18H20ClN4O3+. The molecule has 0 radical (unpaired) electrons. The molecule has 0 aliphatic carbocycles. The summed E-state index contributed by atoms with van der Waals surface area (Å²) in [5.74, 6) is 0.431. The van der Waals surface area contributed by atoms with E-state index >= 15 is 0 Å². The first-order chi connectivity index (χ1) is 12.5. The number of quaternary nitrogens is 1. The van der Waals surface area contributed by atoms with Gasteiger partial charge in [0.15, 0.2) is 5.69 Å². The first-order valence-electron chi connectivity index (χ1n) is 8.15. The van der Waals surface area contributed by atoms with E-state index in [-0.39, 0.29) is 18.7 Å². The van der Waals surface area contributed by atoms with Gasteiger partial charge in [-0.3, -0.25) is 0 Å². The topological polar surface area (TPSA) is 76.7 Å². The number of benzene rings is 1. The van der Waals surface area contributed by atoms with Gasteiger partial charge in [0.05, 0.1) is 6.21 Å². The number of rotatable bonds is 5. The Bertz CT molecular complexity index is 844.